The molecule has 202 valence electrons. The van der Waals surface area contributed by atoms with Crippen LogP contribution in [0.1, 0.15) is 66.7 Å². The molecule has 0 bridgehead atoms. The summed E-state index contributed by atoms with van der Waals surface area (Å²) in [6.07, 6.45) is 4.14. The van der Waals surface area contributed by atoms with Crippen LogP contribution in [0.15, 0.2) is 39.5 Å². The smallest absolute Gasteiger partial charge is 0.239 e. The van der Waals surface area contributed by atoms with Crippen molar-refractivity contribution in [3.63, 3.8) is 0 Å². The fourth-order valence-electron chi connectivity index (χ4n) is 3.70. The number of ether oxygens (including phenoxy) is 5. The number of rotatable bonds is 16. The Bertz CT molecular complexity index is 1200. The average molecular weight is 513 g/mol. The Morgan fingerprint density at radius 3 is 1.84 bits per heavy atom. The van der Waals surface area contributed by atoms with E-state index in [0.29, 0.717) is 78.3 Å². The lowest BCUT2D eigenvalue weighted by molar-refractivity contribution is 0.268. The van der Waals surface area contributed by atoms with E-state index in [0.717, 1.165) is 32.1 Å². The third-order valence-electron chi connectivity index (χ3n) is 5.41. The van der Waals surface area contributed by atoms with Gasteiger partial charge in [-0.15, -0.1) is 0 Å². The van der Waals surface area contributed by atoms with Gasteiger partial charge < -0.3 is 28.1 Å². The van der Waals surface area contributed by atoms with Crippen LogP contribution in [0.25, 0.3) is 22.3 Å². The van der Waals surface area contributed by atoms with Gasteiger partial charge in [-0.3, -0.25) is 4.79 Å². The third-order valence-corrected chi connectivity index (χ3v) is 5.41. The van der Waals surface area contributed by atoms with Crippen molar-refractivity contribution in [3.05, 3.63) is 40.6 Å². The monoisotopic (exact) mass is 512 g/mol. The number of hydrogen-bond donors (Lipinski definition) is 0. The molecule has 0 unspecified atom stereocenters. The minimum atomic E-state index is -0.278. The first-order chi connectivity index (χ1) is 18.1. The summed E-state index contributed by atoms with van der Waals surface area (Å²) >= 11 is 0. The van der Waals surface area contributed by atoms with E-state index >= 15 is 0 Å². The van der Waals surface area contributed by atoms with Gasteiger partial charge in [0.25, 0.3) is 0 Å². The zero-order valence-electron chi connectivity index (χ0n) is 22.8. The highest BCUT2D eigenvalue weighted by Gasteiger charge is 2.23. The highest BCUT2D eigenvalue weighted by Crippen LogP contribution is 2.39. The van der Waals surface area contributed by atoms with Gasteiger partial charge >= 0.3 is 0 Å². The molecule has 1 heterocycles. The summed E-state index contributed by atoms with van der Waals surface area (Å²) < 4.78 is 36.1. The standard InChI is InChI=1S/C30H40O7/c1-6-13-32-22-19-25(35-16-9-4)27-26(20-22)37-29(30(28(27)31)36-17-10-5)21-11-12-23(33-14-7-2)24(18-21)34-15-8-3/h11-12,18-20H,6-10,13-17H2,1-5H3. The fraction of sp³-hybridized carbons (Fsp3) is 0.500. The lowest BCUT2D eigenvalue weighted by atomic mass is 10.1. The molecule has 0 aliphatic rings. The molecule has 0 spiro atoms. The van der Waals surface area contributed by atoms with E-state index in [1.165, 1.54) is 0 Å². The second kappa shape index (κ2) is 14.4. The second-order valence-corrected chi connectivity index (χ2v) is 8.79. The van der Waals surface area contributed by atoms with Crippen molar-refractivity contribution in [1.82, 2.24) is 0 Å². The van der Waals surface area contributed by atoms with Crippen LogP contribution in [-0.2, 0) is 0 Å². The van der Waals surface area contributed by atoms with Gasteiger partial charge in [-0.05, 0) is 50.3 Å². The molecule has 0 saturated carbocycles. The molecule has 0 aliphatic heterocycles. The maximum Gasteiger partial charge on any atom is 0.239 e. The molecule has 0 fully saturated rings. The molecule has 7 nitrogen and oxygen atoms in total. The first-order valence-electron chi connectivity index (χ1n) is 13.5. The summed E-state index contributed by atoms with van der Waals surface area (Å²) in [5.74, 6) is 2.77. The molecule has 0 saturated heterocycles. The van der Waals surface area contributed by atoms with Crippen molar-refractivity contribution < 1.29 is 28.1 Å². The van der Waals surface area contributed by atoms with Crippen LogP contribution in [0.4, 0.5) is 0 Å². The molecule has 0 amide bonds. The maximum absolute atomic E-state index is 13.8. The Labute approximate surface area is 219 Å². The van der Waals surface area contributed by atoms with E-state index in [1.54, 1.807) is 12.1 Å². The topological polar surface area (TPSA) is 76.4 Å². The molecule has 0 radical (unpaired) electrons. The van der Waals surface area contributed by atoms with Gasteiger partial charge in [0.05, 0.1) is 33.0 Å². The van der Waals surface area contributed by atoms with E-state index in [2.05, 4.69) is 6.92 Å². The van der Waals surface area contributed by atoms with E-state index in [4.69, 9.17) is 28.1 Å². The quantitative estimate of drug-likeness (QED) is 0.198. The Morgan fingerprint density at radius 2 is 1.19 bits per heavy atom. The highest BCUT2D eigenvalue weighted by molar-refractivity contribution is 5.88. The fourth-order valence-corrected chi connectivity index (χ4v) is 3.70. The number of fused-ring (bicyclic) bond motifs is 1. The van der Waals surface area contributed by atoms with Gasteiger partial charge in [-0.2, -0.15) is 0 Å². The molecule has 7 heteroatoms. The molecule has 37 heavy (non-hydrogen) atoms. The van der Waals surface area contributed by atoms with Crippen molar-refractivity contribution in [1.29, 1.82) is 0 Å². The van der Waals surface area contributed by atoms with Crippen LogP contribution < -0.4 is 29.1 Å². The van der Waals surface area contributed by atoms with Gasteiger partial charge in [0, 0.05) is 17.7 Å². The van der Waals surface area contributed by atoms with Crippen LogP contribution in [0.2, 0.25) is 0 Å². The van der Waals surface area contributed by atoms with E-state index < -0.39 is 0 Å². The summed E-state index contributed by atoms with van der Waals surface area (Å²) in [6, 6.07) is 9.05. The normalized spacial score (nSPS) is 10.9. The summed E-state index contributed by atoms with van der Waals surface area (Å²) in [4.78, 5) is 13.8. The van der Waals surface area contributed by atoms with E-state index in [-0.39, 0.29) is 11.2 Å². The summed E-state index contributed by atoms with van der Waals surface area (Å²) in [7, 11) is 0. The van der Waals surface area contributed by atoms with Crippen molar-refractivity contribution >= 4 is 11.0 Å². The molecule has 3 rings (SSSR count). The molecular formula is C30H40O7. The Hall–Kier alpha value is -3.35. The van der Waals surface area contributed by atoms with Crippen molar-refractivity contribution in [3.8, 4) is 40.1 Å². The van der Waals surface area contributed by atoms with Crippen LogP contribution in [0, 0.1) is 0 Å². The summed E-state index contributed by atoms with van der Waals surface area (Å²) in [5.41, 5.74) is 0.766. The van der Waals surface area contributed by atoms with Gasteiger partial charge in [0.2, 0.25) is 11.2 Å². The molecule has 1 aromatic heterocycles. The Kier molecular flexibility index (Phi) is 11.0. The van der Waals surface area contributed by atoms with Gasteiger partial charge in [-0.25, -0.2) is 0 Å². The Balaban J connectivity index is 2.23. The molecule has 0 atom stereocenters. The van der Waals surface area contributed by atoms with Gasteiger partial charge in [0.1, 0.15) is 22.5 Å². The predicted octanol–water partition coefficient (Wildman–Crippen LogP) is 7.40. The minimum absolute atomic E-state index is 0.154. The zero-order chi connectivity index (χ0) is 26.6. The van der Waals surface area contributed by atoms with Crippen molar-refractivity contribution in [2.75, 3.05) is 33.0 Å². The van der Waals surface area contributed by atoms with Crippen LogP contribution in [0.3, 0.4) is 0 Å². The van der Waals surface area contributed by atoms with Crippen LogP contribution in [0.5, 0.6) is 28.7 Å². The molecular weight excluding hydrogens is 472 g/mol. The first-order valence-corrected chi connectivity index (χ1v) is 13.5. The van der Waals surface area contributed by atoms with Gasteiger partial charge in [-0.1, -0.05) is 34.6 Å². The largest absolute Gasteiger partial charge is 0.493 e. The molecule has 0 aliphatic carbocycles. The average Bonchev–Trinajstić information content (AvgIpc) is 2.91. The molecule has 0 N–H and O–H groups in total. The SMILES string of the molecule is CCCOc1cc(OCCC)c2c(=O)c(OCCC)c(-c3ccc(OCCC)c(OCCC)c3)oc2c1. The highest BCUT2D eigenvalue weighted by atomic mass is 16.5. The lowest BCUT2D eigenvalue weighted by Gasteiger charge is -2.17. The second-order valence-electron chi connectivity index (χ2n) is 8.79. The summed E-state index contributed by atoms with van der Waals surface area (Å²) in [5, 5.41) is 0.345. The van der Waals surface area contributed by atoms with Crippen LogP contribution >= 0.6 is 0 Å². The summed E-state index contributed by atoms with van der Waals surface area (Å²) in [6.45, 7) is 12.7. The maximum atomic E-state index is 13.8. The van der Waals surface area contributed by atoms with E-state index in [1.807, 2.05) is 45.9 Å². The third kappa shape index (κ3) is 7.12. The van der Waals surface area contributed by atoms with Gasteiger partial charge in [0.15, 0.2) is 17.3 Å². The lowest BCUT2D eigenvalue weighted by Crippen LogP contribution is -2.12. The Morgan fingerprint density at radius 1 is 0.622 bits per heavy atom. The molecule has 3 aromatic rings. The molecule has 2 aromatic carbocycles. The number of benzene rings is 2. The first kappa shape index (κ1) is 28.2. The van der Waals surface area contributed by atoms with Crippen LogP contribution in [-0.4, -0.2) is 33.0 Å². The number of hydrogen-bond acceptors (Lipinski definition) is 7. The zero-order valence-corrected chi connectivity index (χ0v) is 22.8. The van der Waals surface area contributed by atoms with Crippen molar-refractivity contribution in [2.24, 2.45) is 0 Å². The predicted molar refractivity (Wildman–Crippen MR) is 147 cm³/mol. The minimum Gasteiger partial charge on any atom is -0.493 e. The van der Waals surface area contributed by atoms with E-state index in [9.17, 15) is 4.79 Å². The van der Waals surface area contributed by atoms with Crippen molar-refractivity contribution in [2.45, 2.75) is 66.7 Å².